The molecule has 150 valence electrons. The average Bonchev–Trinajstić information content (AvgIpc) is 3.40. The highest BCUT2D eigenvalue weighted by atomic mass is 127. The molecule has 0 spiro atoms. The third kappa shape index (κ3) is 6.34. The molecule has 1 aromatic carbocycles. The van der Waals surface area contributed by atoms with E-state index in [2.05, 4.69) is 34.4 Å². The number of aromatic amines is 1. The number of fused-ring (bicyclic) bond motifs is 1. The monoisotopic (exact) mass is 487 g/mol. The summed E-state index contributed by atoms with van der Waals surface area (Å²) in [4.78, 5) is 10.4. The zero-order valence-electron chi connectivity index (χ0n) is 16.2. The Labute approximate surface area is 178 Å². The van der Waals surface area contributed by atoms with Gasteiger partial charge in [0, 0.05) is 42.8 Å². The van der Waals surface area contributed by atoms with Crippen molar-refractivity contribution in [3.63, 3.8) is 0 Å². The van der Waals surface area contributed by atoms with E-state index in [1.807, 2.05) is 6.20 Å². The van der Waals surface area contributed by atoms with Gasteiger partial charge in [0.25, 0.3) is 0 Å². The van der Waals surface area contributed by atoms with Gasteiger partial charge in [-0.1, -0.05) is 6.92 Å². The molecule has 1 heterocycles. The topological polar surface area (TPSA) is 55.5 Å². The van der Waals surface area contributed by atoms with Crippen molar-refractivity contribution < 1.29 is 4.39 Å². The summed E-state index contributed by atoms with van der Waals surface area (Å²) in [5.74, 6) is 0.655. The normalized spacial score (nSPS) is 14.4. The molecule has 2 aromatic rings. The summed E-state index contributed by atoms with van der Waals surface area (Å²) in [6.07, 6.45) is 5.45. The number of benzene rings is 1. The second-order valence-corrected chi connectivity index (χ2v) is 6.80. The van der Waals surface area contributed by atoms with E-state index in [9.17, 15) is 4.39 Å². The van der Waals surface area contributed by atoms with Crippen LogP contribution in [0.25, 0.3) is 10.9 Å². The van der Waals surface area contributed by atoms with Crippen LogP contribution in [0.2, 0.25) is 0 Å². The first-order valence-electron chi connectivity index (χ1n) is 9.73. The number of aliphatic imine (C=N–C) groups is 1. The van der Waals surface area contributed by atoms with Crippen LogP contribution in [-0.2, 0) is 6.42 Å². The summed E-state index contributed by atoms with van der Waals surface area (Å²) in [5, 5.41) is 7.64. The highest BCUT2D eigenvalue weighted by Crippen LogP contribution is 2.25. The molecule has 0 bridgehead atoms. The van der Waals surface area contributed by atoms with Gasteiger partial charge in [-0.05, 0) is 56.5 Å². The molecular formula is C20H31FIN5. The molecule has 1 fully saturated rings. The maximum absolute atomic E-state index is 13.5. The SMILES string of the molecule is CCNC(=NCCN(CC)C1CC1)NCCc1c[nH]c2ccc(F)cc12.I. The molecule has 0 unspecified atom stereocenters. The lowest BCUT2D eigenvalue weighted by atomic mass is 10.1. The highest BCUT2D eigenvalue weighted by molar-refractivity contribution is 14.0. The Morgan fingerprint density at radius 3 is 2.81 bits per heavy atom. The van der Waals surface area contributed by atoms with E-state index in [0.717, 1.165) is 67.6 Å². The Hall–Kier alpha value is -1.35. The number of aromatic nitrogens is 1. The molecule has 0 aliphatic heterocycles. The number of H-pyrrole nitrogens is 1. The predicted octanol–water partition coefficient (Wildman–Crippen LogP) is 3.51. The molecule has 1 aromatic heterocycles. The lowest BCUT2D eigenvalue weighted by Gasteiger charge is -2.18. The Morgan fingerprint density at radius 2 is 2.11 bits per heavy atom. The fourth-order valence-electron chi connectivity index (χ4n) is 3.34. The standard InChI is InChI=1S/C20H30FN5.HI/c1-3-22-20(24-11-12-26(4-2)17-6-7-17)23-10-9-15-14-25-19-8-5-16(21)13-18(15)19;/h5,8,13-14,17,25H,3-4,6-7,9-12H2,1-2H3,(H2,22,23,24);1H. The number of rotatable bonds is 9. The zero-order chi connectivity index (χ0) is 18.4. The maximum Gasteiger partial charge on any atom is 0.191 e. The third-order valence-electron chi connectivity index (χ3n) is 4.89. The second-order valence-electron chi connectivity index (χ2n) is 6.80. The Morgan fingerprint density at radius 1 is 1.30 bits per heavy atom. The van der Waals surface area contributed by atoms with Crippen LogP contribution in [0.15, 0.2) is 29.4 Å². The Bertz CT molecular complexity index is 741. The van der Waals surface area contributed by atoms with Crippen LogP contribution in [0.1, 0.15) is 32.3 Å². The molecular weight excluding hydrogens is 456 g/mol. The van der Waals surface area contributed by atoms with E-state index in [0.29, 0.717) is 0 Å². The minimum absolute atomic E-state index is 0. The molecule has 7 heteroatoms. The van der Waals surface area contributed by atoms with Crippen molar-refractivity contribution in [3.05, 3.63) is 35.8 Å². The molecule has 1 aliphatic rings. The smallest absolute Gasteiger partial charge is 0.191 e. The largest absolute Gasteiger partial charge is 0.361 e. The molecule has 1 aliphatic carbocycles. The number of nitrogens with one attached hydrogen (secondary N) is 3. The molecule has 0 amide bonds. The number of likely N-dealkylation sites (N-methyl/N-ethyl adjacent to an activating group) is 1. The average molecular weight is 487 g/mol. The first-order chi connectivity index (χ1) is 12.7. The Kier molecular flexibility index (Phi) is 8.82. The van der Waals surface area contributed by atoms with Crippen molar-refractivity contribution in [3.8, 4) is 0 Å². The van der Waals surface area contributed by atoms with Gasteiger partial charge >= 0.3 is 0 Å². The molecule has 0 saturated heterocycles. The van der Waals surface area contributed by atoms with E-state index < -0.39 is 0 Å². The summed E-state index contributed by atoms with van der Waals surface area (Å²) in [7, 11) is 0. The molecule has 1 saturated carbocycles. The van der Waals surface area contributed by atoms with Gasteiger partial charge in [-0.3, -0.25) is 9.89 Å². The van der Waals surface area contributed by atoms with Crippen molar-refractivity contribution in [2.75, 3.05) is 32.7 Å². The summed E-state index contributed by atoms with van der Waals surface area (Å²) >= 11 is 0. The number of hydrogen-bond acceptors (Lipinski definition) is 2. The third-order valence-corrected chi connectivity index (χ3v) is 4.89. The predicted molar refractivity (Wildman–Crippen MR) is 122 cm³/mol. The highest BCUT2D eigenvalue weighted by Gasteiger charge is 2.27. The fraction of sp³-hybridized carbons (Fsp3) is 0.550. The zero-order valence-corrected chi connectivity index (χ0v) is 18.6. The van der Waals surface area contributed by atoms with Gasteiger partial charge in [-0.15, -0.1) is 24.0 Å². The van der Waals surface area contributed by atoms with Crippen LogP contribution in [0.4, 0.5) is 4.39 Å². The minimum atomic E-state index is -0.197. The lowest BCUT2D eigenvalue weighted by Crippen LogP contribution is -2.39. The first kappa shape index (κ1) is 21.9. The van der Waals surface area contributed by atoms with E-state index in [4.69, 9.17) is 4.99 Å². The summed E-state index contributed by atoms with van der Waals surface area (Å²) in [6.45, 7) is 8.80. The molecule has 5 nitrogen and oxygen atoms in total. The van der Waals surface area contributed by atoms with Crippen molar-refractivity contribution >= 4 is 40.8 Å². The van der Waals surface area contributed by atoms with Gasteiger partial charge in [-0.2, -0.15) is 0 Å². The van der Waals surface area contributed by atoms with Crippen LogP contribution in [-0.4, -0.2) is 54.6 Å². The van der Waals surface area contributed by atoms with Crippen molar-refractivity contribution in [2.45, 2.75) is 39.2 Å². The number of halogens is 2. The molecule has 27 heavy (non-hydrogen) atoms. The van der Waals surface area contributed by atoms with Gasteiger partial charge < -0.3 is 15.6 Å². The van der Waals surface area contributed by atoms with Crippen molar-refractivity contribution in [2.24, 2.45) is 4.99 Å². The van der Waals surface area contributed by atoms with Crippen LogP contribution in [0.5, 0.6) is 0 Å². The van der Waals surface area contributed by atoms with Crippen molar-refractivity contribution in [1.82, 2.24) is 20.5 Å². The summed E-state index contributed by atoms with van der Waals surface area (Å²) < 4.78 is 13.5. The van der Waals surface area contributed by atoms with Gasteiger partial charge in [0.05, 0.1) is 6.54 Å². The molecule has 0 radical (unpaired) electrons. The van der Waals surface area contributed by atoms with E-state index >= 15 is 0 Å². The molecule has 0 atom stereocenters. The number of hydrogen-bond donors (Lipinski definition) is 3. The van der Waals surface area contributed by atoms with Gasteiger partial charge in [-0.25, -0.2) is 4.39 Å². The summed E-state index contributed by atoms with van der Waals surface area (Å²) in [5.41, 5.74) is 2.09. The maximum atomic E-state index is 13.5. The second kappa shape index (κ2) is 10.8. The van der Waals surface area contributed by atoms with Gasteiger partial charge in [0.1, 0.15) is 5.82 Å². The molecule has 3 N–H and O–H groups in total. The fourth-order valence-corrected chi connectivity index (χ4v) is 3.34. The lowest BCUT2D eigenvalue weighted by molar-refractivity contribution is 0.286. The first-order valence-corrected chi connectivity index (χ1v) is 9.73. The van der Waals surface area contributed by atoms with Crippen molar-refractivity contribution in [1.29, 1.82) is 0 Å². The van der Waals surface area contributed by atoms with E-state index in [1.54, 1.807) is 12.1 Å². The van der Waals surface area contributed by atoms with Crippen LogP contribution in [0.3, 0.4) is 0 Å². The number of guanidine groups is 1. The van der Waals surface area contributed by atoms with E-state index in [-0.39, 0.29) is 29.8 Å². The van der Waals surface area contributed by atoms with Gasteiger partial charge in [0.15, 0.2) is 5.96 Å². The van der Waals surface area contributed by atoms with Gasteiger partial charge in [0.2, 0.25) is 0 Å². The number of nitrogens with zero attached hydrogens (tertiary/aromatic N) is 2. The summed E-state index contributed by atoms with van der Waals surface area (Å²) in [6, 6.07) is 5.65. The minimum Gasteiger partial charge on any atom is -0.361 e. The van der Waals surface area contributed by atoms with Crippen LogP contribution in [0, 0.1) is 5.82 Å². The van der Waals surface area contributed by atoms with Crippen LogP contribution < -0.4 is 10.6 Å². The van der Waals surface area contributed by atoms with Crippen LogP contribution >= 0.6 is 24.0 Å². The Balaban J connectivity index is 0.00000261. The molecule has 3 rings (SSSR count). The van der Waals surface area contributed by atoms with E-state index in [1.165, 1.54) is 18.9 Å². The quantitative estimate of drug-likeness (QED) is 0.288.